The molecular weight excluding hydrogens is 206 g/mol. The first kappa shape index (κ1) is 10.7. The van der Waals surface area contributed by atoms with Crippen LogP contribution in [-0.4, -0.2) is 17.3 Å². The Morgan fingerprint density at radius 1 is 1.19 bits per heavy atom. The molecule has 0 spiro atoms. The van der Waals surface area contributed by atoms with Gasteiger partial charge < -0.3 is 15.1 Å². The van der Waals surface area contributed by atoms with Crippen LogP contribution in [0.15, 0.2) is 30.3 Å². The summed E-state index contributed by atoms with van der Waals surface area (Å²) in [5.74, 6) is 0.361. The van der Waals surface area contributed by atoms with Gasteiger partial charge in [0.2, 0.25) is 0 Å². The van der Waals surface area contributed by atoms with E-state index in [9.17, 15) is 10.2 Å². The standard InChI is InChI=1S/C12H13NO3/c1-16-13-7-11-10-6-9(14)4-2-8(10)3-5-12(11)15/h2-6,13-15H,7H2,1H3. The zero-order chi connectivity index (χ0) is 11.5. The summed E-state index contributed by atoms with van der Waals surface area (Å²) in [6.07, 6.45) is 0. The summed E-state index contributed by atoms with van der Waals surface area (Å²) in [6.45, 7) is 0.378. The van der Waals surface area contributed by atoms with Gasteiger partial charge in [0.1, 0.15) is 11.5 Å². The van der Waals surface area contributed by atoms with Crippen LogP contribution in [-0.2, 0) is 11.4 Å². The predicted molar refractivity (Wildman–Crippen MR) is 61.1 cm³/mol. The van der Waals surface area contributed by atoms with Crippen LogP contribution in [0.4, 0.5) is 0 Å². The SMILES string of the molecule is CONCc1c(O)ccc2ccc(O)cc12. The first-order valence-electron chi connectivity index (χ1n) is 4.92. The van der Waals surface area contributed by atoms with Gasteiger partial charge in [-0.1, -0.05) is 12.1 Å². The lowest BCUT2D eigenvalue weighted by Crippen LogP contribution is -2.11. The maximum Gasteiger partial charge on any atom is 0.120 e. The molecule has 2 aromatic carbocycles. The fourth-order valence-electron chi connectivity index (χ4n) is 1.69. The number of rotatable bonds is 3. The Labute approximate surface area is 93.0 Å². The lowest BCUT2D eigenvalue weighted by molar-refractivity contribution is 0.0864. The van der Waals surface area contributed by atoms with Crippen molar-refractivity contribution in [3.63, 3.8) is 0 Å². The number of benzene rings is 2. The molecule has 0 heterocycles. The molecule has 3 N–H and O–H groups in total. The molecule has 0 saturated carbocycles. The Bertz CT molecular complexity index is 506. The van der Waals surface area contributed by atoms with E-state index in [1.807, 2.05) is 0 Å². The average molecular weight is 219 g/mol. The molecular formula is C12H13NO3. The van der Waals surface area contributed by atoms with Gasteiger partial charge in [-0.25, -0.2) is 0 Å². The molecule has 0 amide bonds. The average Bonchev–Trinajstić information content (AvgIpc) is 2.28. The highest BCUT2D eigenvalue weighted by molar-refractivity contribution is 5.88. The van der Waals surface area contributed by atoms with E-state index in [1.54, 1.807) is 30.3 Å². The van der Waals surface area contributed by atoms with E-state index in [4.69, 9.17) is 4.84 Å². The molecule has 0 aromatic heterocycles. The van der Waals surface area contributed by atoms with Crippen molar-refractivity contribution in [2.45, 2.75) is 6.54 Å². The lowest BCUT2D eigenvalue weighted by atomic mass is 10.0. The fourth-order valence-corrected chi connectivity index (χ4v) is 1.69. The molecule has 0 unspecified atom stereocenters. The summed E-state index contributed by atoms with van der Waals surface area (Å²) in [5, 5.41) is 21.0. The summed E-state index contributed by atoms with van der Waals surface area (Å²) >= 11 is 0. The van der Waals surface area contributed by atoms with Gasteiger partial charge >= 0.3 is 0 Å². The molecule has 0 saturated heterocycles. The van der Waals surface area contributed by atoms with Crippen LogP contribution in [0.25, 0.3) is 10.8 Å². The third-order valence-electron chi connectivity index (χ3n) is 2.49. The van der Waals surface area contributed by atoms with E-state index in [2.05, 4.69) is 5.48 Å². The molecule has 84 valence electrons. The number of hydroxylamine groups is 1. The number of nitrogens with one attached hydrogen (secondary N) is 1. The predicted octanol–water partition coefficient (Wildman–Crippen LogP) is 1.90. The highest BCUT2D eigenvalue weighted by atomic mass is 16.6. The van der Waals surface area contributed by atoms with Crippen molar-refractivity contribution in [1.82, 2.24) is 5.48 Å². The second kappa shape index (κ2) is 4.38. The van der Waals surface area contributed by atoms with Crippen molar-refractivity contribution in [3.05, 3.63) is 35.9 Å². The van der Waals surface area contributed by atoms with Crippen molar-refractivity contribution >= 4 is 10.8 Å². The highest BCUT2D eigenvalue weighted by Gasteiger charge is 2.07. The minimum absolute atomic E-state index is 0.178. The van der Waals surface area contributed by atoms with Crippen molar-refractivity contribution in [3.8, 4) is 11.5 Å². The highest BCUT2D eigenvalue weighted by Crippen LogP contribution is 2.29. The number of phenolic OH excluding ortho intramolecular Hbond substituents is 2. The summed E-state index contributed by atoms with van der Waals surface area (Å²) in [7, 11) is 1.51. The largest absolute Gasteiger partial charge is 0.508 e. The molecule has 0 atom stereocenters. The van der Waals surface area contributed by atoms with Crippen molar-refractivity contribution < 1.29 is 15.1 Å². The first-order valence-corrected chi connectivity index (χ1v) is 4.92. The van der Waals surface area contributed by atoms with E-state index in [-0.39, 0.29) is 11.5 Å². The molecule has 0 fully saturated rings. The van der Waals surface area contributed by atoms with Crippen molar-refractivity contribution in [2.75, 3.05) is 7.11 Å². The van der Waals surface area contributed by atoms with Gasteiger partial charge in [0.05, 0.1) is 13.7 Å². The fraction of sp³-hybridized carbons (Fsp3) is 0.167. The quantitative estimate of drug-likeness (QED) is 0.690. The van der Waals surface area contributed by atoms with E-state index in [0.717, 1.165) is 10.8 Å². The third kappa shape index (κ3) is 1.93. The van der Waals surface area contributed by atoms with Gasteiger partial charge in [-0.15, -0.1) is 0 Å². The Balaban J connectivity index is 2.58. The third-order valence-corrected chi connectivity index (χ3v) is 2.49. The van der Waals surface area contributed by atoms with Crippen LogP contribution in [0.2, 0.25) is 0 Å². The number of hydrogen-bond donors (Lipinski definition) is 3. The van der Waals surface area contributed by atoms with E-state index >= 15 is 0 Å². The summed E-state index contributed by atoms with van der Waals surface area (Å²) in [6, 6.07) is 8.49. The van der Waals surface area contributed by atoms with Gasteiger partial charge in [-0.05, 0) is 29.0 Å². The molecule has 0 aliphatic carbocycles. The van der Waals surface area contributed by atoms with Gasteiger partial charge in [-0.3, -0.25) is 0 Å². The second-order valence-electron chi connectivity index (χ2n) is 3.49. The van der Waals surface area contributed by atoms with Crippen LogP contribution in [0, 0.1) is 0 Å². The molecule has 2 rings (SSSR count). The van der Waals surface area contributed by atoms with Gasteiger partial charge in [0.25, 0.3) is 0 Å². The normalized spacial score (nSPS) is 10.8. The maximum atomic E-state index is 9.75. The zero-order valence-corrected chi connectivity index (χ0v) is 8.90. The maximum absolute atomic E-state index is 9.75. The summed E-state index contributed by atoms with van der Waals surface area (Å²) < 4.78 is 0. The molecule has 2 aromatic rings. The van der Waals surface area contributed by atoms with Gasteiger partial charge in [-0.2, -0.15) is 5.48 Å². The summed E-state index contributed by atoms with van der Waals surface area (Å²) in [4.78, 5) is 4.76. The van der Waals surface area contributed by atoms with Gasteiger partial charge in [0, 0.05) is 5.56 Å². The lowest BCUT2D eigenvalue weighted by Gasteiger charge is -2.09. The van der Waals surface area contributed by atoms with Crippen LogP contribution < -0.4 is 5.48 Å². The zero-order valence-electron chi connectivity index (χ0n) is 8.90. The van der Waals surface area contributed by atoms with Crippen LogP contribution >= 0.6 is 0 Å². The smallest absolute Gasteiger partial charge is 0.120 e. The number of aromatic hydroxyl groups is 2. The van der Waals surface area contributed by atoms with Gasteiger partial charge in [0.15, 0.2) is 0 Å². The van der Waals surface area contributed by atoms with E-state index < -0.39 is 0 Å². The van der Waals surface area contributed by atoms with Crippen LogP contribution in [0.3, 0.4) is 0 Å². The Morgan fingerprint density at radius 3 is 2.69 bits per heavy atom. The number of fused-ring (bicyclic) bond motifs is 1. The van der Waals surface area contributed by atoms with Crippen molar-refractivity contribution in [2.24, 2.45) is 0 Å². The Hall–Kier alpha value is -1.78. The molecule has 0 aliphatic heterocycles. The molecule has 16 heavy (non-hydrogen) atoms. The van der Waals surface area contributed by atoms with Crippen molar-refractivity contribution in [1.29, 1.82) is 0 Å². The molecule has 0 bridgehead atoms. The Morgan fingerprint density at radius 2 is 1.94 bits per heavy atom. The number of hydrogen-bond acceptors (Lipinski definition) is 4. The monoisotopic (exact) mass is 219 g/mol. The number of phenols is 2. The minimum Gasteiger partial charge on any atom is -0.508 e. The minimum atomic E-state index is 0.178. The summed E-state index contributed by atoms with van der Waals surface area (Å²) in [5.41, 5.74) is 3.38. The van der Waals surface area contributed by atoms with E-state index in [1.165, 1.54) is 7.11 Å². The second-order valence-corrected chi connectivity index (χ2v) is 3.49. The van der Waals surface area contributed by atoms with Crippen LogP contribution in [0.1, 0.15) is 5.56 Å². The molecule has 4 nitrogen and oxygen atoms in total. The topological polar surface area (TPSA) is 61.7 Å². The first-order chi connectivity index (χ1) is 7.72. The molecule has 0 radical (unpaired) electrons. The van der Waals surface area contributed by atoms with Crippen LogP contribution in [0.5, 0.6) is 11.5 Å². The molecule has 0 aliphatic rings. The molecule has 4 heteroatoms. The van der Waals surface area contributed by atoms with E-state index in [0.29, 0.717) is 12.1 Å². The Kier molecular flexibility index (Phi) is 2.94.